The van der Waals surface area contributed by atoms with Crippen molar-refractivity contribution in [3.8, 4) is 0 Å². The minimum absolute atomic E-state index is 1.36. The molecular weight excluding hydrogens is 133 g/mol. The Morgan fingerprint density at radius 1 is 1.33 bits per heavy atom. The molecular formula is C5H12Ge. The Hall–Kier alpha value is 0.543. The van der Waals surface area contributed by atoms with Crippen molar-refractivity contribution in [2.24, 2.45) is 0 Å². The summed E-state index contributed by atoms with van der Waals surface area (Å²) < 4.78 is 0. The van der Waals surface area contributed by atoms with Crippen LogP contribution in [0.1, 0.15) is 26.2 Å². The first-order valence-corrected chi connectivity index (χ1v) is 4.33. The van der Waals surface area contributed by atoms with Crippen LogP contribution >= 0.6 is 0 Å². The molecule has 0 saturated carbocycles. The zero-order chi connectivity index (χ0) is 4.83. The first-order chi connectivity index (χ1) is 2.91. The number of hydrogen-bond acceptors (Lipinski definition) is 0. The molecule has 0 N–H and O–H groups in total. The van der Waals surface area contributed by atoms with Gasteiger partial charge in [-0.15, -0.1) is 0 Å². The molecule has 1 heteroatoms. The predicted molar refractivity (Wildman–Crippen MR) is 31.5 cm³/mol. The van der Waals surface area contributed by atoms with E-state index in [0.29, 0.717) is 0 Å². The van der Waals surface area contributed by atoms with E-state index in [1.54, 1.807) is 0 Å². The fraction of sp³-hybridized carbons (Fsp3) is 1.00. The van der Waals surface area contributed by atoms with Crippen molar-refractivity contribution in [2.45, 2.75) is 31.4 Å². The van der Waals surface area contributed by atoms with Gasteiger partial charge in [-0.1, -0.05) is 0 Å². The Kier molecular flexibility index (Phi) is 6.04. The van der Waals surface area contributed by atoms with Gasteiger partial charge < -0.3 is 0 Å². The summed E-state index contributed by atoms with van der Waals surface area (Å²) in [4.78, 5) is 0. The molecule has 36 valence electrons. The minimum atomic E-state index is 1.36. The second kappa shape index (κ2) is 5.54. The van der Waals surface area contributed by atoms with Gasteiger partial charge in [0.2, 0.25) is 0 Å². The summed E-state index contributed by atoms with van der Waals surface area (Å²) in [5.41, 5.74) is 0. The third kappa shape index (κ3) is 4.54. The Labute approximate surface area is 48.5 Å². The fourth-order valence-electron chi connectivity index (χ4n) is 0.394. The summed E-state index contributed by atoms with van der Waals surface area (Å²) in [6.45, 7) is 2.24. The molecule has 0 rings (SSSR count). The Balaban J connectivity index is 2.34. The van der Waals surface area contributed by atoms with Crippen molar-refractivity contribution < 1.29 is 0 Å². The van der Waals surface area contributed by atoms with E-state index in [4.69, 9.17) is 0 Å². The molecule has 0 saturated heterocycles. The molecule has 0 aromatic carbocycles. The molecule has 0 aliphatic rings. The molecule has 0 aliphatic heterocycles. The van der Waals surface area contributed by atoms with Gasteiger partial charge in [0.05, 0.1) is 0 Å². The van der Waals surface area contributed by atoms with Gasteiger partial charge in [-0.2, -0.15) is 0 Å². The standard InChI is InChI=1S/C5H12Ge/c1-2-3-4-5-6/h6H,2-5H2,1H3. The maximum absolute atomic E-state index is 2.24. The Morgan fingerprint density at radius 2 is 2.00 bits per heavy atom. The van der Waals surface area contributed by atoms with Gasteiger partial charge in [-0.3, -0.25) is 0 Å². The fourth-order valence-corrected chi connectivity index (χ4v) is 1.000. The molecule has 0 aromatic heterocycles. The molecule has 0 heterocycles. The normalized spacial score (nSPS) is 9.00. The van der Waals surface area contributed by atoms with E-state index in [-0.39, 0.29) is 0 Å². The van der Waals surface area contributed by atoms with Crippen LogP contribution in [-0.4, -0.2) is 16.5 Å². The zero-order valence-corrected chi connectivity index (χ0v) is 6.83. The van der Waals surface area contributed by atoms with Crippen LogP contribution in [0.2, 0.25) is 5.25 Å². The van der Waals surface area contributed by atoms with Crippen molar-refractivity contribution in [3.05, 3.63) is 0 Å². The van der Waals surface area contributed by atoms with E-state index in [2.05, 4.69) is 6.92 Å². The maximum atomic E-state index is 2.24. The molecule has 0 fully saturated rings. The van der Waals surface area contributed by atoms with Crippen molar-refractivity contribution >= 4 is 16.5 Å². The van der Waals surface area contributed by atoms with Crippen LogP contribution in [0, 0.1) is 0 Å². The van der Waals surface area contributed by atoms with Gasteiger partial charge in [0.15, 0.2) is 0 Å². The summed E-state index contributed by atoms with van der Waals surface area (Å²) >= 11 is 1.86. The SMILES string of the molecule is CCCC[CH2][GeH]. The molecule has 0 atom stereocenters. The summed E-state index contributed by atoms with van der Waals surface area (Å²) in [5.74, 6) is 0. The van der Waals surface area contributed by atoms with E-state index in [1.165, 1.54) is 24.5 Å². The third-order valence-corrected chi connectivity index (χ3v) is 1.66. The van der Waals surface area contributed by atoms with E-state index in [0.717, 1.165) is 0 Å². The Morgan fingerprint density at radius 3 is 2.17 bits per heavy atom. The van der Waals surface area contributed by atoms with Crippen LogP contribution in [0.4, 0.5) is 0 Å². The molecule has 0 bridgehead atoms. The summed E-state index contributed by atoms with van der Waals surface area (Å²) in [6.07, 6.45) is 4.23. The second-order valence-corrected chi connectivity index (χ2v) is 2.71. The van der Waals surface area contributed by atoms with Crippen LogP contribution in [0.5, 0.6) is 0 Å². The van der Waals surface area contributed by atoms with Gasteiger partial charge in [0, 0.05) is 0 Å². The topological polar surface area (TPSA) is 0 Å². The molecule has 0 aliphatic carbocycles. The van der Waals surface area contributed by atoms with Crippen molar-refractivity contribution in [2.75, 3.05) is 0 Å². The molecule has 2 radical (unpaired) electrons. The number of hydrogen-bond donors (Lipinski definition) is 0. The Bertz CT molecular complexity index is 15.9. The van der Waals surface area contributed by atoms with Crippen LogP contribution in [0.25, 0.3) is 0 Å². The molecule has 0 nitrogen and oxygen atoms in total. The van der Waals surface area contributed by atoms with Gasteiger partial charge in [0.25, 0.3) is 0 Å². The van der Waals surface area contributed by atoms with Gasteiger partial charge in [-0.05, 0) is 0 Å². The van der Waals surface area contributed by atoms with Crippen molar-refractivity contribution in [3.63, 3.8) is 0 Å². The summed E-state index contributed by atoms with van der Waals surface area (Å²) in [5, 5.41) is 1.42. The predicted octanol–water partition coefficient (Wildman–Crippen LogP) is 1.50. The third-order valence-electron chi connectivity index (χ3n) is 0.808. The van der Waals surface area contributed by atoms with E-state index >= 15 is 0 Å². The van der Waals surface area contributed by atoms with Gasteiger partial charge >= 0.3 is 48.0 Å². The molecule has 0 spiro atoms. The average molecular weight is 145 g/mol. The van der Waals surface area contributed by atoms with Gasteiger partial charge in [-0.25, -0.2) is 0 Å². The first-order valence-electron chi connectivity index (χ1n) is 2.62. The van der Waals surface area contributed by atoms with E-state index in [9.17, 15) is 0 Å². The summed E-state index contributed by atoms with van der Waals surface area (Å²) in [7, 11) is 0. The van der Waals surface area contributed by atoms with Gasteiger partial charge in [0.1, 0.15) is 0 Å². The van der Waals surface area contributed by atoms with Crippen LogP contribution in [0.3, 0.4) is 0 Å². The van der Waals surface area contributed by atoms with Crippen molar-refractivity contribution in [1.29, 1.82) is 0 Å². The quantitative estimate of drug-likeness (QED) is 0.416. The van der Waals surface area contributed by atoms with E-state index < -0.39 is 0 Å². The average Bonchev–Trinajstić information content (AvgIpc) is 1.61. The van der Waals surface area contributed by atoms with Crippen LogP contribution < -0.4 is 0 Å². The van der Waals surface area contributed by atoms with Crippen LogP contribution in [0.15, 0.2) is 0 Å². The molecule has 6 heavy (non-hydrogen) atoms. The first kappa shape index (κ1) is 6.54. The second-order valence-electron chi connectivity index (χ2n) is 1.50. The molecule has 0 aromatic rings. The number of unbranched alkanes of at least 4 members (excludes halogenated alkanes) is 2. The van der Waals surface area contributed by atoms with Crippen LogP contribution in [-0.2, 0) is 0 Å². The molecule has 0 amide bonds. The zero-order valence-electron chi connectivity index (χ0n) is 4.41. The van der Waals surface area contributed by atoms with E-state index in [1.807, 2.05) is 16.5 Å². The van der Waals surface area contributed by atoms with Crippen molar-refractivity contribution in [1.82, 2.24) is 0 Å². The summed E-state index contributed by atoms with van der Waals surface area (Å²) in [6, 6.07) is 0. The monoisotopic (exact) mass is 146 g/mol. The molecule has 0 unspecified atom stereocenters. The number of rotatable bonds is 3.